The zero-order valence-electron chi connectivity index (χ0n) is 13.7. The highest BCUT2D eigenvalue weighted by molar-refractivity contribution is 5.81. The molecule has 1 fully saturated rings. The van der Waals surface area contributed by atoms with Gasteiger partial charge in [-0.15, -0.1) is 0 Å². The van der Waals surface area contributed by atoms with Gasteiger partial charge < -0.3 is 9.64 Å². The number of hydrogen-bond donors (Lipinski definition) is 1. The van der Waals surface area contributed by atoms with Gasteiger partial charge >= 0.3 is 5.97 Å². The molecular weight excluding hydrogens is 254 g/mol. The molecular formula is C15H31N3O2. The summed E-state index contributed by atoms with van der Waals surface area (Å²) in [6.45, 7) is 14.2. The molecule has 0 radical (unpaired) electrons. The number of carbonyl (C=O) groups is 1. The third kappa shape index (κ3) is 4.17. The lowest BCUT2D eigenvalue weighted by molar-refractivity contribution is -0.148. The molecule has 1 unspecified atom stereocenters. The molecule has 118 valence electrons. The van der Waals surface area contributed by atoms with Gasteiger partial charge in [0.25, 0.3) is 0 Å². The molecule has 0 aromatic rings. The van der Waals surface area contributed by atoms with Crippen molar-refractivity contribution in [3.63, 3.8) is 0 Å². The smallest absolute Gasteiger partial charge is 0.327 e. The minimum Gasteiger partial charge on any atom is -0.468 e. The van der Waals surface area contributed by atoms with E-state index in [-0.39, 0.29) is 5.97 Å². The lowest BCUT2D eigenvalue weighted by atomic mass is 9.98. The second kappa shape index (κ2) is 7.96. The summed E-state index contributed by atoms with van der Waals surface area (Å²) in [5.74, 6) is -0.125. The first-order chi connectivity index (χ1) is 9.49. The highest BCUT2D eigenvalue weighted by atomic mass is 16.5. The summed E-state index contributed by atoms with van der Waals surface area (Å²) in [5.41, 5.74) is -0.522. The van der Waals surface area contributed by atoms with Gasteiger partial charge in [-0.1, -0.05) is 13.8 Å². The fourth-order valence-corrected chi connectivity index (χ4v) is 2.85. The van der Waals surface area contributed by atoms with E-state index in [1.165, 1.54) is 7.11 Å². The van der Waals surface area contributed by atoms with Crippen molar-refractivity contribution in [3.8, 4) is 0 Å². The molecule has 1 aliphatic rings. The Labute approximate surface area is 123 Å². The van der Waals surface area contributed by atoms with Gasteiger partial charge in [-0.2, -0.15) is 0 Å². The fraction of sp³-hybridized carbons (Fsp3) is 0.933. The highest BCUT2D eigenvalue weighted by Crippen LogP contribution is 2.24. The summed E-state index contributed by atoms with van der Waals surface area (Å²) in [6, 6.07) is 0.464. The molecule has 5 nitrogen and oxygen atoms in total. The number of ether oxygens (including phenoxy) is 1. The van der Waals surface area contributed by atoms with Crippen LogP contribution in [0.5, 0.6) is 0 Å². The molecule has 1 atom stereocenters. The van der Waals surface area contributed by atoms with Crippen molar-refractivity contribution in [2.45, 2.75) is 45.7 Å². The van der Waals surface area contributed by atoms with E-state index >= 15 is 0 Å². The van der Waals surface area contributed by atoms with Crippen molar-refractivity contribution in [3.05, 3.63) is 0 Å². The maximum atomic E-state index is 12.2. The molecule has 5 heteroatoms. The largest absolute Gasteiger partial charge is 0.468 e. The fourth-order valence-electron chi connectivity index (χ4n) is 2.85. The standard InChI is InChI=1S/C15H31N3O2/c1-6-17(7-2)11-9-16-15(14(19)20-5)8-10-18(12-15)13(3)4/h13,16H,6-12H2,1-5H3. The van der Waals surface area contributed by atoms with Gasteiger partial charge in [0.2, 0.25) is 0 Å². The van der Waals surface area contributed by atoms with Crippen molar-refractivity contribution in [2.75, 3.05) is 46.4 Å². The third-order valence-corrected chi connectivity index (χ3v) is 4.39. The molecule has 1 saturated heterocycles. The Balaban J connectivity index is 2.60. The number of rotatable bonds is 8. The minimum atomic E-state index is -0.522. The van der Waals surface area contributed by atoms with Crippen molar-refractivity contribution in [1.82, 2.24) is 15.1 Å². The first-order valence-electron chi connectivity index (χ1n) is 7.79. The van der Waals surface area contributed by atoms with Gasteiger partial charge in [0, 0.05) is 32.2 Å². The van der Waals surface area contributed by atoms with Crippen LogP contribution in [0.25, 0.3) is 0 Å². The number of nitrogens with zero attached hydrogens (tertiary/aromatic N) is 2. The Morgan fingerprint density at radius 3 is 2.50 bits per heavy atom. The van der Waals surface area contributed by atoms with Gasteiger partial charge in [0.05, 0.1) is 7.11 Å². The minimum absolute atomic E-state index is 0.125. The zero-order valence-corrected chi connectivity index (χ0v) is 13.7. The predicted octanol–water partition coefficient (Wildman–Crippen LogP) is 0.944. The van der Waals surface area contributed by atoms with Gasteiger partial charge in [-0.25, -0.2) is 0 Å². The Bertz CT molecular complexity index is 305. The average Bonchev–Trinajstić information content (AvgIpc) is 2.88. The predicted molar refractivity (Wildman–Crippen MR) is 81.9 cm³/mol. The van der Waals surface area contributed by atoms with Gasteiger partial charge in [-0.3, -0.25) is 15.0 Å². The van der Waals surface area contributed by atoms with E-state index in [2.05, 4.69) is 42.8 Å². The molecule has 0 amide bonds. The molecule has 0 aliphatic carbocycles. The van der Waals surface area contributed by atoms with E-state index in [1.54, 1.807) is 0 Å². The molecule has 0 aromatic heterocycles. The summed E-state index contributed by atoms with van der Waals surface area (Å²) in [6.07, 6.45) is 0.829. The van der Waals surface area contributed by atoms with Crippen LogP contribution in [0.3, 0.4) is 0 Å². The highest BCUT2D eigenvalue weighted by Gasteiger charge is 2.45. The maximum absolute atomic E-state index is 12.2. The molecule has 1 N–H and O–H groups in total. The van der Waals surface area contributed by atoms with Crippen LogP contribution in [0.2, 0.25) is 0 Å². The van der Waals surface area contributed by atoms with Crippen molar-refractivity contribution >= 4 is 5.97 Å². The molecule has 0 saturated carbocycles. The number of likely N-dealkylation sites (tertiary alicyclic amines) is 1. The number of likely N-dealkylation sites (N-methyl/N-ethyl adjacent to an activating group) is 1. The van der Waals surface area contributed by atoms with Crippen LogP contribution in [-0.2, 0) is 9.53 Å². The topological polar surface area (TPSA) is 44.8 Å². The van der Waals surface area contributed by atoms with Crippen molar-refractivity contribution in [2.24, 2.45) is 0 Å². The Kier molecular flexibility index (Phi) is 6.92. The lowest BCUT2D eigenvalue weighted by Gasteiger charge is -2.30. The Morgan fingerprint density at radius 2 is 2.05 bits per heavy atom. The number of methoxy groups -OCH3 is 1. The number of carbonyl (C=O) groups excluding carboxylic acids is 1. The molecule has 1 rings (SSSR count). The number of hydrogen-bond acceptors (Lipinski definition) is 5. The van der Waals surface area contributed by atoms with Crippen LogP contribution in [0.4, 0.5) is 0 Å². The average molecular weight is 285 g/mol. The van der Waals surface area contributed by atoms with Gasteiger partial charge in [0.15, 0.2) is 0 Å². The monoisotopic (exact) mass is 285 g/mol. The van der Waals surface area contributed by atoms with Crippen molar-refractivity contribution < 1.29 is 9.53 Å². The van der Waals surface area contributed by atoms with Crippen LogP contribution >= 0.6 is 0 Å². The van der Waals surface area contributed by atoms with Crippen LogP contribution in [-0.4, -0.2) is 73.7 Å². The summed E-state index contributed by atoms with van der Waals surface area (Å²) in [4.78, 5) is 16.9. The molecule has 20 heavy (non-hydrogen) atoms. The normalized spacial score (nSPS) is 23.8. The van der Waals surface area contributed by atoms with E-state index in [0.29, 0.717) is 6.04 Å². The lowest BCUT2D eigenvalue weighted by Crippen LogP contribution is -2.56. The zero-order chi connectivity index (χ0) is 15.2. The maximum Gasteiger partial charge on any atom is 0.327 e. The SMILES string of the molecule is CCN(CC)CCNC1(C(=O)OC)CCN(C(C)C)C1. The van der Waals surface area contributed by atoms with Crippen LogP contribution in [0.1, 0.15) is 34.1 Å². The summed E-state index contributed by atoms with van der Waals surface area (Å²) >= 11 is 0. The van der Waals surface area contributed by atoms with E-state index in [1.807, 2.05) is 0 Å². The molecule has 0 bridgehead atoms. The molecule has 1 heterocycles. The second-order valence-corrected chi connectivity index (χ2v) is 5.84. The number of nitrogens with one attached hydrogen (secondary N) is 1. The van der Waals surface area contributed by atoms with Crippen LogP contribution in [0, 0.1) is 0 Å². The molecule has 0 spiro atoms. The van der Waals surface area contributed by atoms with Gasteiger partial charge in [-0.05, 0) is 33.4 Å². The van der Waals surface area contributed by atoms with E-state index in [0.717, 1.165) is 45.7 Å². The molecule has 1 aliphatic heterocycles. The first-order valence-corrected chi connectivity index (χ1v) is 7.79. The number of esters is 1. The third-order valence-electron chi connectivity index (χ3n) is 4.39. The Morgan fingerprint density at radius 1 is 1.40 bits per heavy atom. The quantitative estimate of drug-likeness (QED) is 0.673. The summed E-state index contributed by atoms with van der Waals surface area (Å²) < 4.78 is 5.03. The summed E-state index contributed by atoms with van der Waals surface area (Å²) in [7, 11) is 1.48. The van der Waals surface area contributed by atoms with E-state index < -0.39 is 5.54 Å². The van der Waals surface area contributed by atoms with Gasteiger partial charge in [0.1, 0.15) is 5.54 Å². The summed E-state index contributed by atoms with van der Waals surface area (Å²) in [5, 5.41) is 3.47. The van der Waals surface area contributed by atoms with Crippen LogP contribution in [0.15, 0.2) is 0 Å². The first kappa shape index (κ1) is 17.4. The van der Waals surface area contributed by atoms with E-state index in [9.17, 15) is 4.79 Å². The second-order valence-electron chi connectivity index (χ2n) is 5.84. The van der Waals surface area contributed by atoms with E-state index in [4.69, 9.17) is 4.74 Å². The van der Waals surface area contributed by atoms with Crippen molar-refractivity contribution in [1.29, 1.82) is 0 Å². The Hall–Kier alpha value is -0.650. The molecule has 0 aromatic carbocycles. The van der Waals surface area contributed by atoms with Crippen LogP contribution < -0.4 is 5.32 Å².